The number of anilines is 1. The third-order valence-electron chi connectivity index (χ3n) is 5.62. The number of rotatable bonds is 7. The fourth-order valence-corrected chi connectivity index (χ4v) is 3.69. The van der Waals surface area contributed by atoms with Crippen molar-refractivity contribution >= 4 is 22.6 Å². The first kappa shape index (κ1) is 21.0. The maximum absolute atomic E-state index is 13.0. The number of hydrogen-bond donors (Lipinski definition) is 2. The van der Waals surface area contributed by atoms with E-state index in [0.717, 1.165) is 35.2 Å². The molecule has 2 N–H and O–H groups in total. The Morgan fingerprint density at radius 3 is 2.55 bits per heavy atom. The second-order valence-electron chi connectivity index (χ2n) is 8.37. The lowest BCUT2D eigenvalue weighted by Gasteiger charge is -2.23. The summed E-state index contributed by atoms with van der Waals surface area (Å²) in [5, 5.41) is 3.88. The molecule has 0 spiro atoms. The van der Waals surface area contributed by atoms with E-state index < -0.39 is 0 Å². The molecule has 1 saturated carbocycles. The predicted molar refractivity (Wildman–Crippen MR) is 124 cm³/mol. The van der Waals surface area contributed by atoms with Gasteiger partial charge in [-0.15, -0.1) is 0 Å². The van der Waals surface area contributed by atoms with Crippen LogP contribution >= 0.6 is 0 Å². The van der Waals surface area contributed by atoms with Crippen molar-refractivity contribution in [2.75, 3.05) is 11.9 Å². The highest BCUT2D eigenvalue weighted by Gasteiger charge is 2.33. The Labute approximate surface area is 182 Å². The van der Waals surface area contributed by atoms with Crippen molar-refractivity contribution in [1.82, 2.24) is 9.88 Å². The van der Waals surface area contributed by atoms with E-state index in [-0.39, 0.29) is 24.2 Å². The van der Waals surface area contributed by atoms with Gasteiger partial charge < -0.3 is 19.9 Å². The summed E-state index contributed by atoms with van der Waals surface area (Å²) in [5.41, 5.74) is 3.14. The summed E-state index contributed by atoms with van der Waals surface area (Å²) in [5.74, 6) is 1.20. The van der Waals surface area contributed by atoms with Crippen LogP contribution in [0.1, 0.15) is 50.7 Å². The quantitative estimate of drug-likeness (QED) is 0.549. The highest BCUT2D eigenvalue weighted by molar-refractivity contribution is 5.90. The molecule has 4 rings (SSSR count). The number of aromatic amines is 1. The largest absolute Gasteiger partial charge is 0.494 e. The van der Waals surface area contributed by atoms with Crippen LogP contribution in [0.3, 0.4) is 0 Å². The summed E-state index contributed by atoms with van der Waals surface area (Å²) in [6, 6.07) is 15.4. The zero-order valence-electron chi connectivity index (χ0n) is 18.3. The summed E-state index contributed by atoms with van der Waals surface area (Å²) >= 11 is 0. The number of benzene rings is 2. The standard InChI is InChI=1S/C25H29N3O3/c1-4-31-22-11-12-23-18(14-22)13-19(24(29)27-23)15-28(21-9-10-21)25(30)26-20-7-5-17(6-8-20)16(2)3/h5-8,11-14,16,21H,4,9-10,15H2,1-3H3,(H,26,30)(H,27,29). The van der Waals surface area contributed by atoms with E-state index >= 15 is 0 Å². The minimum Gasteiger partial charge on any atom is -0.494 e. The molecular weight excluding hydrogens is 390 g/mol. The average molecular weight is 420 g/mol. The summed E-state index contributed by atoms with van der Waals surface area (Å²) in [6.07, 6.45) is 1.92. The molecule has 6 nitrogen and oxygen atoms in total. The molecule has 31 heavy (non-hydrogen) atoms. The number of H-pyrrole nitrogens is 1. The van der Waals surface area contributed by atoms with Gasteiger partial charge in [-0.3, -0.25) is 4.79 Å². The zero-order chi connectivity index (χ0) is 22.0. The molecule has 1 aliphatic carbocycles. The number of urea groups is 1. The second-order valence-corrected chi connectivity index (χ2v) is 8.37. The molecule has 0 atom stereocenters. The van der Waals surface area contributed by atoms with Crippen LogP contribution in [0.4, 0.5) is 10.5 Å². The van der Waals surface area contributed by atoms with Gasteiger partial charge in [0.2, 0.25) is 0 Å². The predicted octanol–water partition coefficient (Wildman–Crippen LogP) is 5.25. The molecule has 3 aromatic rings. The number of pyridine rings is 1. The Morgan fingerprint density at radius 1 is 1.16 bits per heavy atom. The first-order valence-electron chi connectivity index (χ1n) is 10.9. The lowest BCUT2D eigenvalue weighted by atomic mass is 10.0. The minimum absolute atomic E-state index is 0.166. The van der Waals surface area contributed by atoms with E-state index in [1.165, 1.54) is 5.56 Å². The van der Waals surface area contributed by atoms with Crippen LogP contribution < -0.4 is 15.6 Å². The molecule has 0 bridgehead atoms. The Morgan fingerprint density at radius 2 is 1.90 bits per heavy atom. The molecule has 162 valence electrons. The fraction of sp³-hybridized carbons (Fsp3) is 0.360. The fourth-order valence-electron chi connectivity index (χ4n) is 3.69. The maximum Gasteiger partial charge on any atom is 0.322 e. The smallest absolute Gasteiger partial charge is 0.322 e. The topological polar surface area (TPSA) is 74.4 Å². The Kier molecular flexibility index (Phi) is 5.98. The summed E-state index contributed by atoms with van der Waals surface area (Å²) in [6.45, 7) is 7.06. The number of nitrogens with one attached hydrogen (secondary N) is 2. The van der Waals surface area contributed by atoms with E-state index in [2.05, 4.69) is 24.1 Å². The first-order chi connectivity index (χ1) is 14.9. The lowest BCUT2D eigenvalue weighted by Crippen LogP contribution is -2.37. The van der Waals surface area contributed by atoms with Gasteiger partial charge in [-0.05, 0) is 67.6 Å². The minimum atomic E-state index is -0.178. The third kappa shape index (κ3) is 4.90. The zero-order valence-corrected chi connectivity index (χ0v) is 18.3. The number of hydrogen-bond acceptors (Lipinski definition) is 3. The number of ether oxygens (including phenoxy) is 1. The van der Waals surface area contributed by atoms with Gasteiger partial charge in [0.1, 0.15) is 5.75 Å². The van der Waals surface area contributed by atoms with Gasteiger partial charge in [0.15, 0.2) is 0 Å². The SMILES string of the molecule is CCOc1ccc2[nH]c(=O)c(CN(C(=O)Nc3ccc(C(C)C)cc3)C3CC3)cc2c1. The molecule has 0 radical (unpaired) electrons. The number of fused-ring (bicyclic) bond motifs is 1. The average Bonchev–Trinajstić information content (AvgIpc) is 3.58. The molecule has 0 aliphatic heterocycles. The first-order valence-corrected chi connectivity index (χ1v) is 10.9. The van der Waals surface area contributed by atoms with Crippen molar-refractivity contribution in [3.8, 4) is 5.75 Å². The highest BCUT2D eigenvalue weighted by Crippen LogP contribution is 2.29. The molecule has 1 fully saturated rings. The Balaban J connectivity index is 1.55. The summed E-state index contributed by atoms with van der Waals surface area (Å²) < 4.78 is 5.57. The number of carbonyl (C=O) groups is 1. The lowest BCUT2D eigenvalue weighted by molar-refractivity contribution is 0.206. The summed E-state index contributed by atoms with van der Waals surface area (Å²) in [7, 11) is 0. The van der Waals surface area contributed by atoms with Crippen LogP contribution in [0.25, 0.3) is 10.9 Å². The van der Waals surface area contributed by atoms with Crippen molar-refractivity contribution in [1.29, 1.82) is 0 Å². The van der Waals surface area contributed by atoms with Gasteiger partial charge >= 0.3 is 6.03 Å². The van der Waals surface area contributed by atoms with Crippen LogP contribution in [-0.2, 0) is 6.54 Å². The van der Waals surface area contributed by atoms with Crippen LogP contribution in [0, 0.1) is 0 Å². The summed E-state index contributed by atoms with van der Waals surface area (Å²) in [4.78, 5) is 30.4. The van der Waals surface area contributed by atoms with Crippen molar-refractivity contribution < 1.29 is 9.53 Å². The molecule has 6 heteroatoms. The van der Waals surface area contributed by atoms with Crippen LogP contribution in [-0.4, -0.2) is 28.6 Å². The van der Waals surface area contributed by atoms with Gasteiger partial charge in [0.05, 0.1) is 13.2 Å². The molecule has 2 aromatic carbocycles. The van der Waals surface area contributed by atoms with Gasteiger partial charge in [0.25, 0.3) is 5.56 Å². The van der Waals surface area contributed by atoms with E-state index in [1.807, 2.05) is 55.5 Å². The van der Waals surface area contributed by atoms with Crippen LogP contribution in [0.15, 0.2) is 53.3 Å². The Bertz CT molecular complexity index is 1130. The Hall–Kier alpha value is -3.28. The van der Waals surface area contributed by atoms with Gasteiger partial charge in [-0.2, -0.15) is 0 Å². The van der Waals surface area contributed by atoms with E-state index in [1.54, 1.807) is 4.90 Å². The van der Waals surface area contributed by atoms with Gasteiger partial charge in [-0.25, -0.2) is 4.79 Å². The van der Waals surface area contributed by atoms with Crippen molar-refractivity contribution in [2.24, 2.45) is 0 Å². The molecule has 2 amide bonds. The number of carbonyl (C=O) groups excluding carboxylic acids is 1. The van der Waals surface area contributed by atoms with Crippen LogP contribution in [0.2, 0.25) is 0 Å². The van der Waals surface area contributed by atoms with Crippen molar-refractivity contribution in [3.05, 3.63) is 70.0 Å². The number of aromatic nitrogens is 1. The number of nitrogens with zero attached hydrogens (tertiary/aromatic N) is 1. The number of amides is 2. The molecule has 1 aromatic heterocycles. The molecule has 0 saturated heterocycles. The second kappa shape index (κ2) is 8.84. The van der Waals surface area contributed by atoms with Gasteiger partial charge in [-0.1, -0.05) is 26.0 Å². The monoisotopic (exact) mass is 419 g/mol. The maximum atomic E-state index is 13.0. The van der Waals surface area contributed by atoms with Crippen molar-refractivity contribution in [3.63, 3.8) is 0 Å². The normalized spacial score (nSPS) is 13.4. The van der Waals surface area contributed by atoms with Crippen molar-refractivity contribution in [2.45, 2.75) is 52.1 Å². The van der Waals surface area contributed by atoms with E-state index in [0.29, 0.717) is 18.1 Å². The van der Waals surface area contributed by atoms with E-state index in [9.17, 15) is 9.59 Å². The molecular formula is C25H29N3O3. The van der Waals surface area contributed by atoms with E-state index in [4.69, 9.17) is 4.74 Å². The highest BCUT2D eigenvalue weighted by atomic mass is 16.5. The molecule has 0 unspecified atom stereocenters. The van der Waals surface area contributed by atoms with Crippen LogP contribution in [0.5, 0.6) is 5.75 Å². The van der Waals surface area contributed by atoms with Gasteiger partial charge in [0, 0.05) is 28.2 Å². The molecule has 1 aliphatic rings. The molecule has 1 heterocycles. The third-order valence-corrected chi connectivity index (χ3v) is 5.62.